The summed E-state index contributed by atoms with van der Waals surface area (Å²) < 4.78 is 11.2. The fourth-order valence-corrected chi connectivity index (χ4v) is 1.61. The van der Waals surface area contributed by atoms with Crippen LogP contribution in [0.2, 0.25) is 0 Å². The lowest BCUT2D eigenvalue weighted by Gasteiger charge is -2.11. The summed E-state index contributed by atoms with van der Waals surface area (Å²) in [4.78, 5) is 4.29. The molecule has 0 unspecified atom stereocenters. The Morgan fingerprint density at radius 1 is 1.33 bits per heavy atom. The maximum absolute atomic E-state index is 5.82. The first-order valence-corrected chi connectivity index (χ1v) is 6.67. The van der Waals surface area contributed by atoms with Crippen LogP contribution in [-0.4, -0.2) is 18.2 Å². The summed E-state index contributed by atoms with van der Waals surface area (Å²) in [6.07, 6.45) is 3.82. The van der Waals surface area contributed by atoms with Crippen LogP contribution in [-0.2, 0) is 0 Å². The highest BCUT2D eigenvalue weighted by molar-refractivity contribution is 5.49. The molecule has 100 valence electrons. The molecule has 0 bridgehead atoms. The van der Waals surface area contributed by atoms with Gasteiger partial charge in [0.05, 0.1) is 18.9 Å². The summed E-state index contributed by atoms with van der Waals surface area (Å²) in [5.74, 6) is 2.40. The monoisotopic (exact) mass is 250 g/mol. The minimum absolute atomic E-state index is 0.450. The van der Waals surface area contributed by atoms with Crippen LogP contribution in [0.15, 0.2) is 12.1 Å². The van der Waals surface area contributed by atoms with E-state index >= 15 is 0 Å². The molecule has 1 aliphatic rings. The van der Waals surface area contributed by atoms with E-state index < -0.39 is 0 Å². The zero-order chi connectivity index (χ0) is 13.0. The largest absolute Gasteiger partial charge is 0.478 e. The van der Waals surface area contributed by atoms with Crippen molar-refractivity contribution in [2.24, 2.45) is 11.8 Å². The number of hydrogen-bond donors (Lipinski definition) is 1. The Kier molecular flexibility index (Phi) is 4.28. The Balaban J connectivity index is 1.87. The Bertz CT molecular complexity index is 389. The molecular formula is C14H22N2O2. The molecule has 2 rings (SSSR count). The number of anilines is 1. The maximum Gasteiger partial charge on any atom is 0.240 e. The molecule has 18 heavy (non-hydrogen) atoms. The van der Waals surface area contributed by atoms with Crippen molar-refractivity contribution in [3.05, 3.63) is 12.1 Å². The van der Waals surface area contributed by atoms with Gasteiger partial charge in [-0.25, -0.2) is 0 Å². The van der Waals surface area contributed by atoms with E-state index in [1.165, 1.54) is 12.8 Å². The molecule has 0 atom stereocenters. The van der Waals surface area contributed by atoms with Crippen LogP contribution in [0, 0.1) is 11.8 Å². The third-order valence-electron chi connectivity index (χ3n) is 2.89. The van der Waals surface area contributed by atoms with Crippen molar-refractivity contribution >= 4 is 5.69 Å². The Morgan fingerprint density at radius 2 is 2.11 bits per heavy atom. The number of pyridine rings is 1. The van der Waals surface area contributed by atoms with E-state index in [1.54, 1.807) is 12.1 Å². The van der Waals surface area contributed by atoms with Crippen LogP contribution in [0.1, 0.15) is 33.1 Å². The summed E-state index contributed by atoms with van der Waals surface area (Å²) in [6, 6.07) is 3.58. The molecular weight excluding hydrogens is 228 g/mol. The van der Waals surface area contributed by atoms with Crippen LogP contribution in [0.25, 0.3) is 0 Å². The van der Waals surface area contributed by atoms with Crippen LogP contribution in [0.5, 0.6) is 11.8 Å². The van der Waals surface area contributed by atoms with Gasteiger partial charge in [-0.2, -0.15) is 4.98 Å². The molecule has 0 aromatic carbocycles. The summed E-state index contributed by atoms with van der Waals surface area (Å²) in [5, 5.41) is 0. The first kappa shape index (κ1) is 13.0. The third kappa shape index (κ3) is 4.09. The van der Waals surface area contributed by atoms with Crippen molar-refractivity contribution < 1.29 is 9.47 Å². The van der Waals surface area contributed by atoms with Crippen LogP contribution in [0.3, 0.4) is 0 Å². The zero-order valence-corrected chi connectivity index (χ0v) is 11.2. The minimum atomic E-state index is 0.450. The van der Waals surface area contributed by atoms with Gasteiger partial charge in [0.1, 0.15) is 0 Å². The van der Waals surface area contributed by atoms with E-state index in [2.05, 4.69) is 18.8 Å². The van der Waals surface area contributed by atoms with Gasteiger partial charge in [-0.05, 0) is 24.3 Å². The molecule has 1 aromatic rings. The highest BCUT2D eigenvalue weighted by atomic mass is 16.5. The van der Waals surface area contributed by atoms with Crippen molar-refractivity contribution in [1.82, 2.24) is 4.98 Å². The summed E-state index contributed by atoms with van der Waals surface area (Å²) >= 11 is 0. The molecule has 0 saturated heterocycles. The van der Waals surface area contributed by atoms with Crippen molar-refractivity contribution in [2.45, 2.75) is 33.1 Å². The molecule has 4 heteroatoms. The molecule has 0 radical (unpaired) electrons. The van der Waals surface area contributed by atoms with Crippen molar-refractivity contribution in [3.8, 4) is 11.8 Å². The standard InChI is InChI=1S/C14H22N2O2/c1-10(2)9-18-14-12(15)5-6-13(16-14)17-8-7-11-3-4-11/h5-6,10-11H,3-4,7-9,15H2,1-2H3. The van der Waals surface area contributed by atoms with Gasteiger partial charge in [0.2, 0.25) is 11.8 Å². The number of rotatable bonds is 7. The average molecular weight is 250 g/mol. The molecule has 1 saturated carbocycles. The van der Waals surface area contributed by atoms with E-state index in [0.717, 1.165) is 18.9 Å². The van der Waals surface area contributed by atoms with Gasteiger partial charge in [0, 0.05) is 6.07 Å². The van der Waals surface area contributed by atoms with Gasteiger partial charge in [-0.15, -0.1) is 0 Å². The Hall–Kier alpha value is -1.45. The quantitative estimate of drug-likeness (QED) is 0.808. The van der Waals surface area contributed by atoms with Gasteiger partial charge in [-0.3, -0.25) is 0 Å². The molecule has 0 amide bonds. The summed E-state index contributed by atoms with van der Waals surface area (Å²) in [6.45, 7) is 5.52. The fraction of sp³-hybridized carbons (Fsp3) is 0.643. The Labute approximate surface area is 108 Å². The number of aromatic nitrogens is 1. The van der Waals surface area contributed by atoms with E-state index in [9.17, 15) is 0 Å². The second-order valence-electron chi connectivity index (χ2n) is 5.33. The molecule has 1 heterocycles. The smallest absolute Gasteiger partial charge is 0.240 e. The van der Waals surface area contributed by atoms with Crippen LogP contribution < -0.4 is 15.2 Å². The molecule has 2 N–H and O–H groups in total. The highest BCUT2D eigenvalue weighted by Crippen LogP contribution is 2.32. The summed E-state index contributed by atoms with van der Waals surface area (Å²) in [5.41, 5.74) is 6.38. The highest BCUT2D eigenvalue weighted by Gasteiger charge is 2.20. The molecule has 0 aliphatic heterocycles. The van der Waals surface area contributed by atoms with Gasteiger partial charge >= 0.3 is 0 Å². The number of nitrogens with two attached hydrogens (primary N) is 1. The second kappa shape index (κ2) is 5.94. The number of nitrogen functional groups attached to an aromatic ring is 1. The second-order valence-corrected chi connectivity index (χ2v) is 5.33. The molecule has 4 nitrogen and oxygen atoms in total. The molecule has 1 aromatic heterocycles. The number of nitrogens with zero attached hydrogens (tertiary/aromatic N) is 1. The van der Waals surface area contributed by atoms with Crippen molar-refractivity contribution in [2.75, 3.05) is 18.9 Å². The van der Waals surface area contributed by atoms with Gasteiger partial charge in [-0.1, -0.05) is 26.7 Å². The van der Waals surface area contributed by atoms with E-state index in [-0.39, 0.29) is 0 Å². The van der Waals surface area contributed by atoms with E-state index in [4.69, 9.17) is 15.2 Å². The lowest BCUT2D eigenvalue weighted by atomic mass is 10.2. The van der Waals surface area contributed by atoms with Crippen LogP contribution in [0.4, 0.5) is 5.69 Å². The lowest BCUT2D eigenvalue weighted by molar-refractivity contribution is 0.250. The van der Waals surface area contributed by atoms with E-state index in [0.29, 0.717) is 30.0 Å². The van der Waals surface area contributed by atoms with Crippen LogP contribution >= 0.6 is 0 Å². The summed E-state index contributed by atoms with van der Waals surface area (Å²) in [7, 11) is 0. The van der Waals surface area contributed by atoms with E-state index in [1.807, 2.05) is 0 Å². The number of ether oxygens (including phenoxy) is 2. The van der Waals surface area contributed by atoms with Crippen molar-refractivity contribution in [3.63, 3.8) is 0 Å². The topological polar surface area (TPSA) is 57.4 Å². The molecule has 1 fully saturated rings. The third-order valence-corrected chi connectivity index (χ3v) is 2.89. The minimum Gasteiger partial charge on any atom is -0.478 e. The first-order chi connectivity index (χ1) is 8.65. The van der Waals surface area contributed by atoms with Gasteiger partial charge in [0.25, 0.3) is 0 Å². The Morgan fingerprint density at radius 3 is 2.78 bits per heavy atom. The zero-order valence-electron chi connectivity index (χ0n) is 11.2. The molecule has 0 spiro atoms. The SMILES string of the molecule is CC(C)COc1nc(OCCC2CC2)ccc1N. The maximum atomic E-state index is 5.82. The predicted molar refractivity (Wildman–Crippen MR) is 71.8 cm³/mol. The van der Waals surface area contributed by atoms with Gasteiger partial charge in [0.15, 0.2) is 0 Å². The average Bonchev–Trinajstić information content (AvgIpc) is 3.13. The normalized spacial score (nSPS) is 14.8. The van der Waals surface area contributed by atoms with Gasteiger partial charge < -0.3 is 15.2 Å². The van der Waals surface area contributed by atoms with Crippen molar-refractivity contribution in [1.29, 1.82) is 0 Å². The number of hydrogen-bond acceptors (Lipinski definition) is 4. The predicted octanol–water partition coefficient (Wildman–Crippen LogP) is 2.88. The molecule has 1 aliphatic carbocycles. The fourth-order valence-electron chi connectivity index (χ4n) is 1.61. The lowest BCUT2D eigenvalue weighted by Crippen LogP contribution is -2.08. The first-order valence-electron chi connectivity index (χ1n) is 6.67.